The zero-order valence-corrected chi connectivity index (χ0v) is 18.1. The van der Waals surface area contributed by atoms with E-state index in [1.165, 1.54) is 5.56 Å². The van der Waals surface area contributed by atoms with E-state index in [9.17, 15) is 0 Å². The van der Waals surface area contributed by atoms with Crippen LogP contribution in [0.4, 0.5) is 0 Å². The van der Waals surface area contributed by atoms with Gasteiger partial charge in [-0.2, -0.15) is 0 Å². The maximum Gasteiger partial charge on any atom is 0.188 e. The fraction of sp³-hybridized carbons (Fsp3) is 0.667. The molecule has 0 N–H and O–H groups in total. The molecule has 2 aliphatic rings. The van der Waals surface area contributed by atoms with Gasteiger partial charge in [0.15, 0.2) is 6.79 Å². The summed E-state index contributed by atoms with van der Waals surface area (Å²) in [6, 6.07) is 8.19. The van der Waals surface area contributed by atoms with Crippen LogP contribution in [-0.4, -0.2) is 65.2 Å². The molecule has 3 rings (SSSR count). The van der Waals surface area contributed by atoms with E-state index >= 15 is 0 Å². The molecule has 0 bridgehead atoms. The molecule has 1 aromatic rings. The highest BCUT2D eigenvalue weighted by molar-refractivity contribution is 5.28. The van der Waals surface area contributed by atoms with Gasteiger partial charge in [0.05, 0.1) is 51.3 Å². The van der Waals surface area contributed by atoms with Crippen LogP contribution in [-0.2, 0) is 30.1 Å². The summed E-state index contributed by atoms with van der Waals surface area (Å²) < 4.78 is 33.7. The van der Waals surface area contributed by atoms with Crippen LogP contribution in [0.3, 0.4) is 0 Å². The Balaban J connectivity index is 1.31. The van der Waals surface area contributed by atoms with Crippen LogP contribution in [0.25, 0.3) is 0 Å². The summed E-state index contributed by atoms with van der Waals surface area (Å²) in [5.41, 5.74) is 1.28. The van der Waals surface area contributed by atoms with E-state index in [-0.39, 0.29) is 25.1 Å². The van der Waals surface area contributed by atoms with Gasteiger partial charge in [-0.05, 0) is 49.8 Å². The first-order valence-electron chi connectivity index (χ1n) is 11.1. The van der Waals surface area contributed by atoms with E-state index in [1.54, 1.807) is 7.11 Å². The summed E-state index contributed by atoms with van der Waals surface area (Å²) in [5.74, 6) is 0.854. The van der Waals surface area contributed by atoms with Crippen molar-refractivity contribution in [1.82, 2.24) is 0 Å². The second-order valence-corrected chi connectivity index (χ2v) is 7.76. The van der Waals surface area contributed by atoms with Gasteiger partial charge in [-0.25, -0.2) is 0 Å². The van der Waals surface area contributed by atoms with Gasteiger partial charge in [-0.1, -0.05) is 24.3 Å². The topological polar surface area (TPSA) is 55.4 Å². The van der Waals surface area contributed by atoms with Crippen LogP contribution in [0.1, 0.15) is 37.7 Å². The van der Waals surface area contributed by atoms with Gasteiger partial charge in [0.25, 0.3) is 0 Å². The molecule has 1 aromatic carbocycles. The van der Waals surface area contributed by atoms with Crippen molar-refractivity contribution in [3.8, 4) is 5.75 Å². The molecule has 0 amide bonds. The molecule has 30 heavy (non-hydrogen) atoms. The monoisotopic (exact) mass is 420 g/mol. The van der Waals surface area contributed by atoms with E-state index in [0.717, 1.165) is 44.3 Å². The lowest BCUT2D eigenvalue weighted by Crippen LogP contribution is -2.43. The lowest BCUT2D eigenvalue weighted by Gasteiger charge is -2.35. The summed E-state index contributed by atoms with van der Waals surface area (Å²) in [6.45, 7) is 3.68. The fourth-order valence-corrected chi connectivity index (χ4v) is 3.87. The lowest BCUT2D eigenvalue weighted by molar-refractivity contribution is -0.169. The Morgan fingerprint density at radius 1 is 1.00 bits per heavy atom. The lowest BCUT2D eigenvalue weighted by atomic mass is 10.00. The number of benzene rings is 1. The molecule has 0 aliphatic carbocycles. The summed E-state index contributed by atoms with van der Waals surface area (Å²) in [7, 11) is 1.63. The first-order chi connectivity index (χ1) is 14.8. The van der Waals surface area contributed by atoms with Crippen molar-refractivity contribution in [3.05, 3.63) is 42.0 Å². The molecule has 0 spiro atoms. The Kier molecular flexibility index (Phi) is 10.7. The number of hydrogen-bond acceptors (Lipinski definition) is 6. The first-order valence-corrected chi connectivity index (χ1v) is 11.1. The SMILES string of the molecule is COCOc1cccc(CC/C=C/CCCC2OCCOC2CC2COCCO2)c1. The normalized spacial score (nSPS) is 24.9. The number of hydrogen-bond donors (Lipinski definition) is 0. The van der Waals surface area contributed by atoms with Gasteiger partial charge in [-0.15, -0.1) is 0 Å². The van der Waals surface area contributed by atoms with Crippen molar-refractivity contribution in [2.75, 3.05) is 46.9 Å². The molecule has 0 radical (unpaired) electrons. The Morgan fingerprint density at radius 3 is 2.67 bits per heavy atom. The molecule has 2 heterocycles. The molecular weight excluding hydrogens is 384 g/mol. The average molecular weight is 421 g/mol. The van der Waals surface area contributed by atoms with Crippen molar-refractivity contribution >= 4 is 0 Å². The third kappa shape index (κ3) is 8.36. The molecule has 6 nitrogen and oxygen atoms in total. The summed E-state index contributed by atoms with van der Waals surface area (Å²) in [6.07, 6.45) is 11.0. The van der Waals surface area contributed by atoms with E-state index < -0.39 is 0 Å². The Morgan fingerprint density at radius 2 is 1.83 bits per heavy atom. The van der Waals surface area contributed by atoms with Crippen LogP contribution in [0.5, 0.6) is 5.75 Å². The van der Waals surface area contributed by atoms with Crippen LogP contribution in [0.15, 0.2) is 36.4 Å². The number of aryl methyl sites for hydroxylation is 1. The summed E-state index contributed by atoms with van der Waals surface area (Å²) in [4.78, 5) is 0. The number of allylic oxidation sites excluding steroid dienone is 2. The van der Waals surface area contributed by atoms with Gasteiger partial charge < -0.3 is 28.4 Å². The third-order valence-electron chi connectivity index (χ3n) is 5.41. The summed E-state index contributed by atoms with van der Waals surface area (Å²) >= 11 is 0. The van der Waals surface area contributed by atoms with Crippen molar-refractivity contribution < 1.29 is 28.4 Å². The molecular formula is C24H36O6. The van der Waals surface area contributed by atoms with Gasteiger partial charge in [0, 0.05) is 13.5 Å². The number of rotatable bonds is 12. The zero-order chi connectivity index (χ0) is 20.9. The quantitative estimate of drug-likeness (QED) is 0.290. The zero-order valence-electron chi connectivity index (χ0n) is 18.1. The van der Waals surface area contributed by atoms with Crippen molar-refractivity contribution in [2.45, 2.75) is 56.8 Å². The number of ether oxygens (including phenoxy) is 6. The molecule has 3 atom stereocenters. The smallest absolute Gasteiger partial charge is 0.188 e. The number of unbranched alkanes of at least 4 members (excludes halogenated alkanes) is 1. The predicted molar refractivity (Wildman–Crippen MR) is 115 cm³/mol. The number of methoxy groups -OCH3 is 1. The molecule has 6 heteroatoms. The molecule has 3 unspecified atom stereocenters. The highest BCUT2D eigenvalue weighted by atomic mass is 16.7. The Labute approximate surface area is 180 Å². The second kappa shape index (κ2) is 13.8. The molecule has 0 saturated carbocycles. The maximum atomic E-state index is 5.99. The van der Waals surface area contributed by atoms with E-state index in [1.807, 2.05) is 12.1 Å². The van der Waals surface area contributed by atoms with Gasteiger partial charge in [0.2, 0.25) is 0 Å². The molecule has 2 fully saturated rings. The van der Waals surface area contributed by atoms with Gasteiger partial charge >= 0.3 is 0 Å². The van der Waals surface area contributed by atoms with Crippen LogP contribution in [0, 0.1) is 0 Å². The van der Waals surface area contributed by atoms with Crippen molar-refractivity contribution in [2.24, 2.45) is 0 Å². The molecule has 0 aromatic heterocycles. The van der Waals surface area contributed by atoms with Gasteiger partial charge in [-0.3, -0.25) is 0 Å². The molecule has 168 valence electrons. The van der Waals surface area contributed by atoms with Crippen molar-refractivity contribution in [3.63, 3.8) is 0 Å². The highest BCUT2D eigenvalue weighted by Crippen LogP contribution is 2.22. The standard InChI is InChI=1S/C24H36O6/c1-25-19-30-21-10-7-9-20(16-21)8-5-3-2-4-6-11-23-24(29-15-14-28-23)17-22-18-26-12-13-27-22/h2-3,7,9-10,16,22-24H,4-6,8,11-15,17-19H2,1H3/b3-2+. The molecule has 2 aliphatic heterocycles. The fourth-order valence-electron chi connectivity index (χ4n) is 3.87. The van der Waals surface area contributed by atoms with E-state index in [0.29, 0.717) is 33.0 Å². The third-order valence-corrected chi connectivity index (χ3v) is 5.41. The van der Waals surface area contributed by atoms with Crippen LogP contribution >= 0.6 is 0 Å². The first kappa shape index (κ1) is 23.2. The second-order valence-electron chi connectivity index (χ2n) is 7.76. The Hall–Kier alpha value is -1.44. The predicted octanol–water partition coefficient (Wildman–Crippen LogP) is 3.92. The van der Waals surface area contributed by atoms with Gasteiger partial charge in [0.1, 0.15) is 5.75 Å². The minimum absolute atomic E-state index is 0.113. The van der Waals surface area contributed by atoms with E-state index in [4.69, 9.17) is 28.4 Å². The average Bonchev–Trinajstić information content (AvgIpc) is 2.79. The summed E-state index contributed by atoms with van der Waals surface area (Å²) in [5, 5.41) is 0. The van der Waals surface area contributed by atoms with Crippen molar-refractivity contribution in [1.29, 1.82) is 0 Å². The van der Waals surface area contributed by atoms with Crippen LogP contribution in [0.2, 0.25) is 0 Å². The maximum absolute atomic E-state index is 5.99. The largest absolute Gasteiger partial charge is 0.468 e. The van der Waals surface area contributed by atoms with Crippen LogP contribution < -0.4 is 4.74 Å². The van der Waals surface area contributed by atoms with E-state index in [2.05, 4.69) is 24.3 Å². The molecule has 2 saturated heterocycles. The highest BCUT2D eigenvalue weighted by Gasteiger charge is 2.30. The Bertz CT molecular complexity index is 613. The minimum atomic E-state index is 0.113. The minimum Gasteiger partial charge on any atom is -0.468 e.